The van der Waals surface area contributed by atoms with Crippen LogP contribution >= 0.6 is 35.0 Å². The van der Waals surface area contributed by atoms with Crippen molar-refractivity contribution in [2.45, 2.75) is 10.6 Å². The summed E-state index contributed by atoms with van der Waals surface area (Å²) in [5, 5.41) is 0.754. The molecule has 1 nitrogen and oxygen atoms in total. The Balaban J connectivity index is 2.14. The van der Waals surface area contributed by atoms with Crippen LogP contribution in [0.5, 0.6) is 0 Å². The molecule has 2 aromatic carbocycles. The predicted octanol–water partition coefficient (Wildman–Crippen LogP) is 5.01. The zero-order valence-corrected chi connectivity index (χ0v) is 11.6. The third-order valence-electron chi connectivity index (χ3n) is 2.37. The summed E-state index contributed by atoms with van der Waals surface area (Å²) in [7, 11) is 0. The van der Waals surface area contributed by atoms with Gasteiger partial charge >= 0.3 is 0 Å². The van der Waals surface area contributed by atoms with Crippen molar-refractivity contribution in [2.24, 2.45) is 0 Å². The van der Waals surface area contributed by atoms with Crippen molar-refractivity contribution in [3.8, 4) is 0 Å². The van der Waals surface area contributed by atoms with Crippen molar-refractivity contribution in [1.82, 2.24) is 0 Å². The average molecular weight is 302 g/mol. The van der Waals surface area contributed by atoms with Crippen LogP contribution in [-0.4, -0.2) is 0 Å². The SMILES string of the molecule is Nc1ccc(SCc2cccc(F)c2Cl)c(Cl)c1. The van der Waals surface area contributed by atoms with E-state index in [9.17, 15) is 4.39 Å². The largest absolute Gasteiger partial charge is 0.399 e. The minimum atomic E-state index is -0.404. The van der Waals surface area contributed by atoms with Crippen molar-refractivity contribution in [2.75, 3.05) is 5.73 Å². The smallest absolute Gasteiger partial charge is 0.142 e. The van der Waals surface area contributed by atoms with E-state index >= 15 is 0 Å². The summed E-state index contributed by atoms with van der Waals surface area (Å²) in [6, 6.07) is 10.1. The molecule has 0 radical (unpaired) electrons. The molecule has 0 aliphatic carbocycles. The Hall–Kier alpha value is -0.900. The number of thioether (sulfide) groups is 1. The predicted molar refractivity (Wildman–Crippen MR) is 76.8 cm³/mol. The van der Waals surface area contributed by atoms with Crippen LogP contribution in [0.25, 0.3) is 0 Å². The first-order valence-corrected chi connectivity index (χ1v) is 6.93. The van der Waals surface area contributed by atoms with E-state index in [1.807, 2.05) is 6.07 Å². The normalized spacial score (nSPS) is 10.6. The standard InChI is InChI=1S/C13H10Cl2FNS/c14-10-6-9(17)4-5-12(10)18-7-8-2-1-3-11(16)13(8)15/h1-6H,7,17H2. The lowest BCUT2D eigenvalue weighted by molar-refractivity contribution is 0.627. The van der Waals surface area contributed by atoms with Gasteiger partial charge in [0.2, 0.25) is 0 Å². The first kappa shape index (κ1) is 13.5. The van der Waals surface area contributed by atoms with E-state index in [0.717, 1.165) is 10.5 Å². The zero-order valence-electron chi connectivity index (χ0n) is 9.29. The molecule has 94 valence electrons. The second kappa shape index (κ2) is 5.83. The van der Waals surface area contributed by atoms with E-state index in [-0.39, 0.29) is 5.02 Å². The highest BCUT2D eigenvalue weighted by Gasteiger charge is 2.07. The van der Waals surface area contributed by atoms with Crippen molar-refractivity contribution >= 4 is 40.7 Å². The lowest BCUT2D eigenvalue weighted by Crippen LogP contribution is -1.88. The fraction of sp³-hybridized carbons (Fsp3) is 0.0769. The van der Waals surface area contributed by atoms with Gasteiger partial charge < -0.3 is 5.73 Å². The number of nitrogens with two attached hydrogens (primary N) is 1. The van der Waals surface area contributed by atoms with Gasteiger partial charge in [-0.15, -0.1) is 11.8 Å². The molecule has 0 spiro atoms. The minimum Gasteiger partial charge on any atom is -0.399 e. The lowest BCUT2D eigenvalue weighted by Gasteiger charge is -2.07. The molecule has 2 N–H and O–H groups in total. The molecule has 0 aliphatic heterocycles. The van der Waals surface area contributed by atoms with Crippen LogP contribution in [0.4, 0.5) is 10.1 Å². The molecule has 0 unspecified atom stereocenters. The number of hydrogen-bond donors (Lipinski definition) is 1. The van der Waals surface area contributed by atoms with Crippen LogP contribution < -0.4 is 5.73 Å². The molecular weight excluding hydrogens is 292 g/mol. The Labute approximate surface area is 119 Å². The van der Waals surface area contributed by atoms with E-state index in [1.54, 1.807) is 24.3 Å². The molecule has 0 amide bonds. The van der Waals surface area contributed by atoms with Gasteiger partial charge in [-0.2, -0.15) is 0 Å². The first-order valence-electron chi connectivity index (χ1n) is 5.18. The fourth-order valence-electron chi connectivity index (χ4n) is 1.45. The van der Waals surface area contributed by atoms with E-state index in [2.05, 4.69) is 0 Å². The molecule has 18 heavy (non-hydrogen) atoms. The van der Waals surface area contributed by atoms with Gasteiger partial charge in [0.15, 0.2) is 0 Å². The van der Waals surface area contributed by atoms with E-state index < -0.39 is 5.82 Å². The van der Waals surface area contributed by atoms with Crippen molar-refractivity contribution in [3.05, 3.63) is 57.8 Å². The molecule has 2 rings (SSSR count). The molecule has 2 aromatic rings. The molecule has 0 heterocycles. The molecular formula is C13H10Cl2FNS. The number of nitrogen functional groups attached to an aromatic ring is 1. The summed E-state index contributed by atoms with van der Waals surface area (Å²) in [6.45, 7) is 0. The van der Waals surface area contributed by atoms with E-state index in [0.29, 0.717) is 16.5 Å². The molecule has 0 saturated carbocycles. The highest BCUT2D eigenvalue weighted by Crippen LogP contribution is 2.33. The van der Waals surface area contributed by atoms with Gasteiger partial charge in [-0.05, 0) is 29.8 Å². The second-order valence-electron chi connectivity index (χ2n) is 3.69. The van der Waals surface area contributed by atoms with Gasteiger partial charge in [-0.1, -0.05) is 35.3 Å². The van der Waals surface area contributed by atoms with Gasteiger partial charge in [0, 0.05) is 16.3 Å². The highest BCUT2D eigenvalue weighted by atomic mass is 35.5. The summed E-state index contributed by atoms with van der Waals surface area (Å²) < 4.78 is 13.3. The van der Waals surface area contributed by atoms with Crippen LogP contribution in [0, 0.1) is 5.82 Å². The maximum atomic E-state index is 13.3. The minimum absolute atomic E-state index is 0.163. The van der Waals surface area contributed by atoms with Crippen LogP contribution in [0.1, 0.15) is 5.56 Å². The summed E-state index contributed by atoms with van der Waals surface area (Å²) in [4.78, 5) is 0.895. The molecule has 0 saturated heterocycles. The molecule has 0 bridgehead atoms. The summed E-state index contributed by atoms with van der Waals surface area (Å²) in [5.41, 5.74) is 6.98. The summed E-state index contributed by atoms with van der Waals surface area (Å²) in [6.07, 6.45) is 0. The Morgan fingerprint density at radius 3 is 2.67 bits per heavy atom. The monoisotopic (exact) mass is 301 g/mol. The number of benzene rings is 2. The van der Waals surface area contributed by atoms with E-state index in [1.165, 1.54) is 17.8 Å². The second-order valence-corrected chi connectivity index (χ2v) is 5.49. The third-order valence-corrected chi connectivity index (χ3v) is 4.34. The summed E-state index contributed by atoms with van der Waals surface area (Å²) in [5.74, 6) is 0.151. The summed E-state index contributed by atoms with van der Waals surface area (Å²) >= 11 is 13.4. The van der Waals surface area contributed by atoms with Crippen LogP contribution in [0.3, 0.4) is 0 Å². The maximum Gasteiger partial charge on any atom is 0.142 e. The molecule has 0 aliphatic rings. The Bertz CT molecular complexity index is 575. The molecule has 0 atom stereocenters. The first-order chi connectivity index (χ1) is 8.58. The van der Waals surface area contributed by atoms with Crippen LogP contribution in [-0.2, 0) is 5.75 Å². The maximum absolute atomic E-state index is 13.3. The lowest BCUT2D eigenvalue weighted by atomic mass is 10.2. The van der Waals surface area contributed by atoms with Gasteiger partial charge in [0.05, 0.1) is 10.0 Å². The molecule has 5 heteroatoms. The quantitative estimate of drug-likeness (QED) is 0.637. The zero-order chi connectivity index (χ0) is 13.1. The molecule has 0 fully saturated rings. The Morgan fingerprint density at radius 2 is 1.94 bits per heavy atom. The third kappa shape index (κ3) is 3.10. The number of anilines is 1. The molecule has 0 aromatic heterocycles. The van der Waals surface area contributed by atoms with Crippen LogP contribution in [0.2, 0.25) is 10.0 Å². The topological polar surface area (TPSA) is 26.0 Å². The average Bonchev–Trinajstić information content (AvgIpc) is 2.33. The van der Waals surface area contributed by atoms with Gasteiger partial charge in [0.1, 0.15) is 5.82 Å². The number of rotatable bonds is 3. The Morgan fingerprint density at radius 1 is 1.17 bits per heavy atom. The van der Waals surface area contributed by atoms with E-state index in [4.69, 9.17) is 28.9 Å². The number of halogens is 3. The van der Waals surface area contributed by atoms with Crippen molar-refractivity contribution in [1.29, 1.82) is 0 Å². The Kier molecular flexibility index (Phi) is 4.38. The van der Waals surface area contributed by atoms with Gasteiger partial charge in [-0.25, -0.2) is 4.39 Å². The van der Waals surface area contributed by atoms with Gasteiger partial charge in [-0.3, -0.25) is 0 Å². The highest BCUT2D eigenvalue weighted by molar-refractivity contribution is 7.98. The van der Waals surface area contributed by atoms with Gasteiger partial charge in [0.25, 0.3) is 0 Å². The van der Waals surface area contributed by atoms with Crippen molar-refractivity contribution in [3.63, 3.8) is 0 Å². The fourth-order valence-corrected chi connectivity index (χ4v) is 2.99. The van der Waals surface area contributed by atoms with Crippen LogP contribution in [0.15, 0.2) is 41.3 Å². The van der Waals surface area contributed by atoms with Crippen molar-refractivity contribution < 1.29 is 4.39 Å². The number of hydrogen-bond acceptors (Lipinski definition) is 2.